The predicted molar refractivity (Wildman–Crippen MR) is 115 cm³/mol. The van der Waals surface area contributed by atoms with Crippen molar-refractivity contribution in [3.8, 4) is 10.6 Å². The Morgan fingerprint density at radius 3 is 2.66 bits per heavy atom. The summed E-state index contributed by atoms with van der Waals surface area (Å²) in [7, 11) is 0. The van der Waals surface area contributed by atoms with Gasteiger partial charge < -0.3 is 9.64 Å². The number of pyridine rings is 1. The van der Waals surface area contributed by atoms with Crippen molar-refractivity contribution in [2.24, 2.45) is 0 Å². The summed E-state index contributed by atoms with van der Waals surface area (Å²) < 4.78 is 6.32. The van der Waals surface area contributed by atoms with Gasteiger partial charge in [0.2, 0.25) is 5.13 Å². The van der Waals surface area contributed by atoms with E-state index in [2.05, 4.69) is 43.2 Å². The maximum Gasteiger partial charge on any atom is 0.208 e. The van der Waals surface area contributed by atoms with Crippen LogP contribution in [0.2, 0.25) is 0 Å². The Bertz CT molecular complexity index is 925. The van der Waals surface area contributed by atoms with Crippen LogP contribution in [-0.2, 0) is 11.3 Å². The Morgan fingerprint density at radius 1 is 1.00 bits per heavy atom. The van der Waals surface area contributed by atoms with E-state index in [0.717, 1.165) is 67.9 Å². The third-order valence-corrected chi connectivity index (χ3v) is 6.87. The summed E-state index contributed by atoms with van der Waals surface area (Å²) >= 11 is 1.68. The average molecular weight is 408 g/mol. The first-order valence-electron chi connectivity index (χ1n) is 10.2. The zero-order chi connectivity index (χ0) is 19.5. The van der Waals surface area contributed by atoms with Crippen molar-refractivity contribution in [2.75, 3.05) is 37.7 Å². The number of hydrogen-bond acceptors (Lipinski definition) is 7. The molecule has 0 N–H and O–H groups in total. The van der Waals surface area contributed by atoms with Crippen LogP contribution in [0.5, 0.6) is 0 Å². The maximum atomic E-state index is 6.32. The first-order chi connectivity index (χ1) is 14.3. The number of rotatable bonds is 4. The molecule has 0 aliphatic carbocycles. The molecule has 2 aliphatic rings. The van der Waals surface area contributed by atoms with Crippen LogP contribution in [0.15, 0.2) is 54.9 Å². The van der Waals surface area contributed by atoms with Crippen LogP contribution >= 0.6 is 11.3 Å². The standard InChI is InChI=1S/C22H25N5OS/c1-2-6-19(7-3-1)20-24-25-21(29-20)27-11-8-22(9-12-27)17-26(13-14-28-22)16-18-5-4-10-23-15-18/h1-7,10,15H,8-9,11-14,16-17H2. The summed E-state index contributed by atoms with van der Waals surface area (Å²) in [5.41, 5.74) is 2.36. The minimum absolute atomic E-state index is 0.0378. The van der Waals surface area contributed by atoms with Crippen LogP contribution in [0.4, 0.5) is 5.13 Å². The average Bonchev–Trinajstić information content (AvgIpc) is 3.26. The zero-order valence-electron chi connectivity index (χ0n) is 16.4. The van der Waals surface area contributed by atoms with Gasteiger partial charge in [-0.1, -0.05) is 47.7 Å². The summed E-state index contributed by atoms with van der Waals surface area (Å²) in [6, 6.07) is 14.4. The molecule has 2 fully saturated rings. The van der Waals surface area contributed by atoms with Gasteiger partial charge in [0, 0.05) is 50.7 Å². The smallest absolute Gasteiger partial charge is 0.208 e. The number of aromatic nitrogens is 3. The van der Waals surface area contributed by atoms with Gasteiger partial charge in [0.25, 0.3) is 0 Å². The van der Waals surface area contributed by atoms with Crippen molar-refractivity contribution in [3.05, 3.63) is 60.4 Å². The summed E-state index contributed by atoms with van der Waals surface area (Å²) in [6.45, 7) is 5.64. The van der Waals surface area contributed by atoms with E-state index in [9.17, 15) is 0 Å². The highest BCUT2D eigenvalue weighted by atomic mass is 32.1. The van der Waals surface area contributed by atoms with Crippen molar-refractivity contribution in [1.82, 2.24) is 20.1 Å². The Balaban J connectivity index is 1.21. The van der Waals surface area contributed by atoms with Crippen LogP contribution in [-0.4, -0.2) is 58.5 Å². The molecule has 2 saturated heterocycles. The number of hydrogen-bond donors (Lipinski definition) is 0. The first-order valence-corrected chi connectivity index (χ1v) is 11.0. The van der Waals surface area contributed by atoms with Gasteiger partial charge in [-0.2, -0.15) is 0 Å². The molecule has 0 bridgehead atoms. The first kappa shape index (κ1) is 18.7. The Labute approximate surface area is 175 Å². The summed E-state index contributed by atoms with van der Waals surface area (Å²) in [5, 5.41) is 10.9. The van der Waals surface area contributed by atoms with Gasteiger partial charge in [-0.25, -0.2) is 0 Å². The molecule has 0 saturated carbocycles. The minimum Gasteiger partial charge on any atom is -0.372 e. The molecule has 2 aromatic heterocycles. The summed E-state index contributed by atoms with van der Waals surface area (Å²) in [6.07, 6.45) is 5.84. The lowest BCUT2D eigenvalue weighted by atomic mass is 9.89. The van der Waals surface area contributed by atoms with Gasteiger partial charge in [0.15, 0.2) is 0 Å². The van der Waals surface area contributed by atoms with Crippen LogP contribution in [0.3, 0.4) is 0 Å². The maximum absolute atomic E-state index is 6.32. The molecule has 0 atom stereocenters. The number of benzene rings is 1. The van der Waals surface area contributed by atoms with Gasteiger partial charge in [-0.05, 0) is 24.5 Å². The monoisotopic (exact) mass is 407 g/mol. The van der Waals surface area contributed by atoms with Crippen LogP contribution < -0.4 is 4.90 Å². The number of anilines is 1. The molecule has 1 spiro atoms. The van der Waals surface area contributed by atoms with Crippen molar-refractivity contribution < 1.29 is 4.74 Å². The SMILES string of the molecule is c1ccc(-c2nnc(N3CCC4(CC3)CN(Cc3cccnc3)CCO4)s2)cc1. The van der Waals surface area contributed by atoms with Crippen molar-refractivity contribution >= 4 is 16.5 Å². The number of ether oxygens (including phenoxy) is 1. The molecule has 0 radical (unpaired) electrons. The van der Waals surface area contributed by atoms with Crippen LogP contribution in [0.25, 0.3) is 10.6 Å². The molecule has 29 heavy (non-hydrogen) atoms. The lowest BCUT2D eigenvalue weighted by Gasteiger charge is -2.47. The van der Waals surface area contributed by atoms with Crippen LogP contribution in [0.1, 0.15) is 18.4 Å². The minimum atomic E-state index is -0.0378. The fraction of sp³-hybridized carbons (Fsp3) is 0.409. The quantitative estimate of drug-likeness (QED) is 0.660. The highest BCUT2D eigenvalue weighted by molar-refractivity contribution is 7.18. The third kappa shape index (κ3) is 4.17. The largest absolute Gasteiger partial charge is 0.372 e. The zero-order valence-corrected chi connectivity index (χ0v) is 17.2. The van der Waals surface area contributed by atoms with Gasteiger partial charge >= 0.3 is 0 Å². The highest BCUT2D eigenvalue weighted by Crippen LogP contribution is 2.35. The molecule has 150 valence electrons. The second kappa shape index (κ2) is 8.18. The van der Waals surface area contributed by atoms with Crippen molar-refractivity contribution in [1.29, 1.82) is 0 Å². The molecule has 5 rings (SSSR count). The van der Waals surface area contributed by atoms with Gasteiger partial charge in [0.05, 0.1) is 12.2 Å². The third-order valence-electron chi connectivity index (χ3n) is 5.84. The van der Waals surface area contributed by atoms with Crippen LogP contribution in [0, 0.1) is 0 Å². The Morgan fingerprint density at radius 2 is 1.86 bits per heavy atom. The highest BCUT2D eigenvalue weighted by Gasteiger charge is 2.40. The number of morpholine rings is 1. The summed E-state index contributed by atoms with van der Waals surface area (Å²) in [5.74, 6) is 0. The molecule has 2 aliphatic heterocycles. The van der Waals surface area contributed by atoms with E-state index in [1.54, 1.807) is 11.3 Å². The molecule has 3 aromatic rings. The topological polar surface area (TPSA) is 54.4 Å². The van der Waals surface area contributed by atoms with E-state index in [-0.39, 0.29) is 5.60 Å². The molecular weight excluding hydrogens is 382 g/mol. The fourth-order valence-corrected chi connectivity index (χ4v) is 5.16. The van der Waals surface area contributed by atoms with E-state index in [0.29, 0.717) is 0 Å². The normalized spacial score (nSPS) is 19.5. The lowest BCUT2D eigenvalue weighted by Crippen LogP contribution is -2.56. The molecule has 1 aromatic carbocycles. The molecule has 0 unspecified atom stereocenters. The van der Waals surface area contributed by atoms with E-state index in [4.69, 9.17) is 4.74 Å². The lowest BCUT2D eigenvalue weighted by molar-refractivity contribution is -0.122. The van der Waals surface area contributed by atoms with E-state index in [1.165, 1.54) is 5.56 Å². The van der Waals surface area contributed by atoms with Crippen molar-refractivity contribution in [3.63, 3.8) is 0 Å². The van der Waals surface area contributed by atoms with Gasteiger partial charge in [-0.3, -0.25) is 9.88 Å². The van der Waals surface area contributed by atoms with E-state index >= 15 is 0 Å². The molecular formula is C22H25N5OS. The van der Waals surface area contributed by atoms with Gasteiger partial charge in [-0.15, -0.1) is 10.2 Å². The fourth-order valence-electron chi connectivity index (χ4n) is 4.26. The van der Waals surface area contributed by atoms with E-state index < -0.39 is 0 Å². The number of nitrogens with zero attached hydrogens (tertiary/aromatic N) is 5. The summed E-state index contributed by atoms with van der Waals surface area (Å²) in [4.78, 5) is 9.11. The molecule has 7 heteroatoms. The van der Waals surface area contributed by atoms with E-state index in [1.807, 2.05) is 36.7 Å². The Kier molecular flexibility index (Phi) is 5.26. The molecule has 6 nitrogen and oxygen atoms in total. The Hall–Kier alpha value is -2.35. The predicted octanol–water partition coefficient (Wildman–Crippen LogP) is 3.47. The molecule has 4 heterocycles. The molecule has 0 amide bonds. The second-order valence-electron chi connectivity index (χ2n) is 7.85. The van der Waals surface area contributed by atoms with Gasteiger partial charge in [0.1, 0.15) is 5.01 Å². The number of piperidine rings is 1. The van der Waals surface area contributed by atoms with Crippen molar-refractivity contribution in [2.45, 2.75) is 25.0 Å². The second-order valence-corrected chi connectivity index (χ2v) is 8.80.